The molecule has 0 radical (unpaired) electrons. The molecular weight excluding hydrogens is 342 g/mol. The number of nitrogens with one attached hydrogen (secondary N) is 1. The van der Waals surface area contributed by atoms with Gasteiger partial charge in [0.25, 0.3) is 5.91 Å². The van der Waals surface area contributed by atoms with E-state index in [1.807, 2.05) is 51.1 Å². The SMILES string of the molecule is Cc1ccc(C(=O)Nc2nn(-c3ccccc3)cc2C(=O)O)c(C(C)C)c1. The van der Waals surface area contributed by atoms with Crippen LogP contribution in [-0.4, -0.2) is 26.8 Å². The van der Waals surface area contributed by atoms with Gasteiger partial charge >= 0.3 is 5.97 Å². The number of para-hydroxylation sites is 1. The van der Waals surface area contributed by atoms with Crippen molar-refractivity contribution in [1.82, 2.24) is 9.78 Å². The van der Waals surface area contributed by atoms with Crippen LogP contribution in [-0.2, 0) is 0 Å². The van der Waals surface area contributed by atoms with Gasteiger partial charge in [0, 0.05) is 11.8 Å². The van der Waals surface area contributed by atoms with Crippen LogP contribution in [0.2, 0.25) is 0 Å². The molecule has 0 aliphatic carbocycles. The summed E-state index contributed by atoms with van der Waals surface area (Å²) in [5.74, 6) is -1.35. The van der Waals surface area contributed by atoms with Gasteiger partial charge in [-0.05, 0) is 36.6 Å². The van der Waals surface area contributed by atoms with Gasteiger partial charge in [-0.3, -0.25) is 4.79 Å². The molecule has 0 unspecified atom stereocenters. The molecule has 0 saturated heterocycles. The monoisotopic (exact) mass is 363 g/mol. The van der Waals surface area contributed by atoms with Gasteiger partial charge in [-0.15, -0.1) is 5.10 Å². The molecule has 0 spiro atoms. The summed E-state index contributed by atoms with van der Waals surface area (Å²) in [6.07, 6.45) is 1.39. The standard InChI is InChI=1S/C21H21N3O3/c1-13(2)17-11-14(3)9-10-16(17)20(25)22-19-18(21(26)27)12-24(23-19)15-7-5-4-6-8-15/h4-13H,1-3H3,(H,26,27)(H,22,23,25). The third kappa shape index (κ3) is 3.89. The maximum absolute atomic E-state index is 12.8. The fourth-order valence-corrected chi connectivity index (χ4v) is 2.88. The summed E-state index contributed by atoms with van der Waals surface area (Å²) in [5.41, 5.74) is 3.13. The lowest BCUT2D eigenvalue weighted by atomic mass is 9.95. The number of nitrogens with zero attached hydrogens (tertiary/aromatic N) is 2. The van der Waals surface area contributed by atoms with Crippen molar-refractivity contribution in [3.63, 3.8) is 0 Å². The van der Waals surface area contributed by atoms with Crippen LogP contribution in [0.5, 0.6) is 0 Å². The van der Waals surface area contributed by atoms with Crippen molar-refractivity contribution in [2.24, 2.45) is 0 Å². The highest BCUT2D eigenvalue weighted by Crippen LogP contribution is 2.23. The summed E-state index contributed by atoms with van der Waals surface area (Å²) in [6, 6.07) is 14.7. The maximum Gasteiger partial charge on any atom is 0.341 e. The molecule has 2 N–H and O–H groups in total. The molecule has 0 atom stereocenters. The molecule has 0 fully saturated rings. The van der Waals surface area contributed by atoms with Crippen molar-refractivity contribution in [3.8, 4) is 5.69 Å². The second-order valence-corrected chi connectivity index (χ2v) is 6.68. The Morgan fingerprint density at radius 2 is 1.78 bits per heavy atom. The molecule has 3 aromatic rings. The number of aromatic carboxylic acids is 1. The normalized spacial score (nSPS) is 10.8. The molecule has 1 amide bonds. The summed E-state index contributed by atoms with van der Waals surface area (Å²) < 4.78 is 1.44. The topological polar surface area (TPSA) is 84.2 Å². The van der Waals surface area contributed by atoms with Gasteiger partial charge in [0.15, 0.2) is 5.82 Å². The summed E-state index contributed by atoms with van der Waals surface area (Å²) in [7, 11) is 0. The molecule has 0 bridgehead atoms. The molecular formula is C21H21N3O3. The van der Waals surface area contributed by atoms with Crippen LogP contribution >= 0.6 is 0 Å². The number of hydrogen-bond donors (Lipinski definition) is 2. The first-order valence-corrected chi connectivity index (χ1v) is 8.67. The number of rotatable bonds is 5. The lowest BCUT2D eigenvalue weighted by Crippen LogP contribution is -2.17. The first-order valence-electron chi connectivity index (χ1n) is 8.67. The van der Waals surface area contributed by atoms with E-state index in [9.17, 15) is 14.7 Å². The smallest absolute Gasteiger partial charge is 0.341 e. The van der Waals surface area contributed by atoms with Crippen molar-refractivity contribution in [2.75, 3.05) is 5.32 Å². The van der Waals surface area contributed by atoms with E-state index in [4.69, 9.17) is 0 Å². The van der Waals surface area contributed by atoms with E-state index in [1.165, 1.54) is 10.9 Å². The maximum atomic E-state index is 12.8. The molecule has 6 heteroatoms. The minimum atomic E-state index is -1.15. The molecule has 0 aliphatic rings. The molecule has 0 saturated carbocycles. The number of hydrogen-bond acceptors (Lipinski definition) is 3. The lowest BCUT2D eigenvalue weighted by Gasteiger charge is -2.13. The highest BCUT2D eigenvalue weighted by Gasteiger charge is 2.21. The number of aromatic nitrogens is 2. The molecule has 0 aliphatic heterocycles. The number of carbonyl (C=O) groups is 2. The van der Waals surface area contributed by atoms with Gasteiger partial charge in [-0.2, -0.15) is 0 Å². The number of amides is 1. The second-order valence-electron chi connectivity index (χ2n) is 6.68. The average Bonchev–Trinajstić information content (AvgIpc) is 3.06. The van der Waals surface area contributed by atoms with Crippen molar-refractivity contribution < 1.29 is 14.7 Å². The summed E-state index contributed by atoms with van der Waals surface area (Å²) in [5, 5.41) is 16.4. The molecule has 138 valence electrons. The van der Waals surface area contributed by atoms with Crippen LogP contribution in [0.4, 0.5) is 5.82 Å². The number of benzene rings is 2. The van der Waals surface area contributed by atoms with Crippen molar-refractivity contribution in [3.05, 3.63) is 77.0 Å². The highest BCUT2D eigenvalue weighted by molar-refractivity contribution is 6.07. The van der Waals surface area contributed by atoms with Crippen molar-refractivity contribution >= 4 is 17.7 Å². The van der Waals surface area contributed by atoms with E-state index < -0.39 is 5.97 Å². The Bertz CT molecular complexity index is 991. The van der Waals surface area contributed by atoms with Crippen LogP contribution < -0.4 is 5.32 Å². The number of carbonyl (C=O) groups excluding carboxylic acids is 1. The Labute approximate surface area is 157 Å². The lowest BCUT2D eigenvalue weighted by molar-refractivity contribution is 0.0698. The molecule has 1 aromatic heterocycles. The van der Waals surface area contributed by atoms with E-state index in [1.54, 1.807) is 18.2 Å². The van der Waals surface area contributed by atoms with Gasteiger partial charge in [-0.1, -0.05) is 49.7 Å². The predicted octanol–water partition coefficient (Wildman–Crippen LogP) is 4.25. The summed E-state index contributed by atoms with van der Waals surface area (Å²) >= 11 is 0. The minimum absolute atomic E-state index is 0.0200. The molecule has 2 aromatic carbocycles. The Morgan fingerprint density at radius 1 is 1.07 bits per heavy atom. The van der Waals surface area contributed by atoms with Gasteiger partial charge in [0.1, 0.15) is 5.56 Å². The fraction of sp³-hybridized carbons (Fsp3) is 0.190. The Hall–Kier alpha value is -3.41. The van der Waals surface area contributed by atoms with Crippen molar-refractivity contribution in [2.45, 2.75) is 26.7 Å². The highest BCUT2D eigenvalue weighted by atomic mass is 16.4. The first kappa shape index (κ1) is 18.4. The zero-order chi connectivity index (χ0) is 19.6. The zero-order valence-corrected chi connectivity index (χ0v) is 15.4. The Morgan fingerprint density at radius 3 is 2.41 bits per heavy atom. The molecule has 6 nitrogen and oxygen atoms in total. The van der Waals surface area contributed by atoms with Crippen molar-refractivity contribution in [1.29, 1.82) is 0 Å². The summed E-state index contributed by atoms with van der Waals surface area (Å²) in [4.78, 5) is 24.4. The van der Waals surface area contributed by atoms with Gasteiger partial charge in [0.05, 0.1) is 5.69 Å². The Balaban J connectivity index is 1.97. The number of carboxylic acid groups (broad SMARTS) is 1. The van der Waals surface area contributed by atoms with Crippen LogP contribution in [0, 0.1) is 6.92 Å². The molecule has 27 heavy (non-hydrogen) atoms. The molecule has 1 heterocycles. The third-order valence-electron chi connectivity index (χ3n) is 4.27. The zero-order valence-electron chi connectivity index (χ0n) is 15.4. The van der Waals surface area contributed by atoms with Gasteiger partial charge in [0.2, 0.25) is 0 Å². The van der Waals surface area contributed by atoms with Crippen LogP contribution in [0.3, 0.4) is 0 Å². The quantitative estimate of drug-likeness (QED) is 0.709. The van der Waals surface area contributed by atoms with E-state index in [2.05, 4.69) is 10.4 Å². The number of anilines is 1. The largest absolute Gasteiger partial charge is 0.477 e. The summed E-state index contributed by atoms with van der Waals surface area (Å²) in [6.45, 7) is 5.99. The van der Waals surface area contributed by atoms with Gasteiger partial charge < -0.3 is 10.4 Å². The minimum Gasteiger partial charge on any atom is -0.477 e. The van der Waals surface area contributed by atoms with E-state index in [0.29, 0.717) is 11.3 Å². The van der Waals surface area contributed by atoms with Crippen LogP contribution in [0.25, 0.3) is 5.69 Å². The fourth-order valence-electron chi connectivity index (χ4n) is 2.88. The molecule has 3 rings (SSSR count). The number of aryl methyl sites for hydroxylation is 1. The number of carboxylic acids is 1. The van der Waals surface area contributed by atoms with Crippen LogP contribution in [0.15, 0.2) is 54.7 Å². The van der Waals surface area contributed by atoms with Gasteiger partial charge in [-0.25, -0.2) is 9.48 Å². The van der Waals surface area contributed by atoms with Crippen LogP contribution in [0.1, 0.15) is 51.6 Å². The predicted molar refractivity (Wildman–Crippen MR) is 104 cm³/mol. The van der Waals surface area contributed by atoms with E-state index in [-0.39, 0.29) is 23.2 Å². The third-order valence-corrected chi connectivity index (χ3v) is 4.27. The first-order chi connectivity index (χ1) is 12.9. The average molecular weight is 363 g/mol. The van der Waals surface area contributed by atoms with E-state index >= 15 is 0 Å². The Kier molecular flexibility index (Phi) is 5.07. The van der Waals surface area contributed by atoms with E-state index in [0.717, 1.165) is 11.1 Å². The second kappa shape index (κ2) is 7.45.